The second-order valence-electron chi connectivity index (χ2n) is 8.82. The summed E-state index contributed by atoms with van der Waals surface area (Å²) < 4.78 is 13.0. The number of hydrogen-bond donors (Lipinski definition) is 1. The highest BCUT2D eigenvalue weighted by Gasteiger charge is 2.32. The van der Waals surface area contributed by atoms with Crippen molar-refractivity contribution in [2.24, 2.45) is 4.99 Å². The third-order valence-electron chi connectivity index (χ3n) is 6.78. The Morgan fingerprint density at radius 3 is 2.69 bits per heavy atom. The van der Waals surface area contributed by atoms with Gasteiger partial charge in [-0.2, -0.15) is 0 Å². The molecule has 3 aromatic carbocycles. The second-order valence-corrected chi connectivity index (χ2v) is 9.83. The number of nitrogens with zero attached hydrogens (tertiary/aromatic N) is 2. The van der Waals surface area contributed by atoms with Crippen molar-refractivity contribution in [3.05, 3.63) is 114 Å². The molecule has 36 heavy (non-hydrogen) atoms. The molecular weight excluding hydrogens is 472 g/mol. The average molecular weight is 497 g/mol. The smallest absolute Gasteiger partial charge is 0.271 e. The van der Waals surface area contributed by atoms with Crippen LogP contribution in [0.15, 0.2) is 82.1 Å². The fraction of sp³-hybridized carbons (Fsp3) is 0.172. The summed E-state index contributed by atoms with van der Waals surface area (Å²) in [6.45, 7) is 0. The minimum atomic E-state index is -0.272. The third kappa shape index (κ3) is 3.63. The lowest BCUT2D eigenvalue weighted by Gasteiger charge is -2.31. The molecule has 1 aliphatic heterocycles. The maximum atomic E-state index is 13.8. The molecule has 0 saturated carbocycles. The molecule has 180 valence electrons. The van der Waals surface area contributed by atoms with Gasteiger partial charge >= 0.3 is 0 Å². The summed E-state index contributed by atoms with van der Waals surface area (Å²) in [5.41, 5.74) is 6.10. The van der Waals surface area contributed by atoms with E-state index in [2.05, 4.69) is 18.2 Å². The largest absolute Gasteiger partial charge is 0.504 e. The lowest BCUT2D eigenvalue weighted by Crippen LogP contribution is -2.38. The summed E-state index contributed by atoms with van der Waals surface area (Å²) in [6.07, 6.45) is 3.52. The molecule has 6 rings (SSSR count). The van der Waals surface area contributed by atoms with Gasteiger partial charge < -0.3 is 14.6 Å². The first kappa shape index (κ1) is 22.4. The zero-order valence-electron chi connectivity index (χ0n) is 19.9. The van der Waals surface area contributed by atoms with Crippen LogP contribution in [0.3, 0.4) is 0 Å². The van der Waals surface area contributed by atoms with Crippen LogP contribution in [0.4, 0.5) is 0 Å². The Balaban J connectivity index is 1.60. The molecule has 1 aromatic heterocycles. The van der Waals surface area contributed by atoms with E-state index in [9.17, 15) is 9.90 Å². The monoisotopic (exact) mass is 496 g/mol. The van der Waals surface area contributed by atoms with Gasteiger partial charge in [0.05, 0.1) is 30.5 Å². The molecule has 2 aliphatic rings. The SMILES string of the molecule is COc1cccc([C@@H]2C3=C(N=c4s/c(=C/c5ccc(OC)c(O)c5)c(=O)n42)c2ccccc2CC3)c1. The summed E-state index contributed by atoms with van der Waals surface area (Å²) in [5, 5.41) is 10.2. The van der Waals surface area contributed by atoms with E-state index in [-0.39, 0.29) is 17.4 Å². The molecule has 0 spiro atoms. The van der Waals surface area contributed by atoms with Crippen LogP contribution in [0.1, 0.15) is 34.7 Å². The van der Waals surface area contributed by atoms with Crippen molar-refractivity contribution in [2.45, 2.75) is 18.9 Å². The quantitative estimate of drug-likeness (QED) is 0.463. The van der Waals surface area contributed by atoms with E-state index in [1.165, 1.54) is 24.0 Å². The first-order valence-corrected chi connectivity index (χ1v) is 12.5. The highest BCUT2D eigenvalue weighted by atomic mass is 32.1. The number of allylic oxidation sites excluding steroid dienone is 1. The van der Waals surface area contributed by atoms with Crippen molar-refractivity contribution < 1.29 is 14.6 Å². The van der Waals surface area contributed by atoms with Gasteiger partial charge in [0.25, 0.3) is 5.56 Å². The van der Waals surface area contributed by atoms with Gasteiger partial charge in [-0.05, 0) is 65.4 Å². The van der Waals surface area contributed by atoms with Gasteiger partial charge in [-0.1, -0.05) is 53.8 Å². The van der Waals surface area contributed by atoms with Crippen molar-refractivity contribution >= 4 is 23.1 Å². The standard InChI is InChI=1S/C29H24N2O4S/c1-34-20-8-5-7-19(16-20)27-22-12-11-18-6-3-4-9-21(18)26(22)30-29-31(27)28(33)25(36-29)15-17-10-13-24(35-2)23(32)14-17/h3-10,13-16,27,32H,11-12H2,1-2H3/b25-15+/t27-/m1/s1. The number of aromatic hydroxyl groups is 1. The van der Waals surface area contributed by atoms with Crippen molar-refractivity contribution in [1.29, 1.82) is 0 Å². The van der Waals surface area contributed by atoms with Crippen LogP contribution < -0.4 is 24.4 Å². The lowest BCUT2D eigenvalue weighted by atomic mass is 9.83. The lowest BCUT2D eigenvalue weighted by molar-refractivity contribution is 0.373. The van der Waals surface area contributed by atoms with Gasteiger partial charge in [-0.3, -0.25) is 9.36 Å². The predicted molar refractivity (Wildman–Crippen MR) is 140 cm³/mol. The van der Waals surface area contributed by atoms with Gasteiger partial charge in [0.1, 0.15) is 5.75 Å². The summed E-state index contributed by atoms with van der Waals surface area (Å²) >= 11 is 1.36. The number of benzene rings is 3. The Morgan fingerprint density at radius 2 is 1.89 bits per heavy atom. The van der Waals surface area contributed by atoms with E-state index in [1.807, 2.05) is 36.4 Å². The summed E-state index contributed by atoms with van der Waals surface area (Å²) in [5.74, 6) is 1.16. The molecule has 0 bridgehead atoms. The molecule has 6 nitrogen and oxygen atoms in total. The number of phenolic OH excluding ortho intramolecular Hbond substituents is 1. The Labute approximate surface area is 211 Å². The highest BCUT2D eigenvalue weighted by molar-refractivity contribution is 7.07. The van der Waals surface area contributed by atoms with Crippen molar-refractivity contribution in [1.82, 2.24) is 4.57 Å². The first-order valence-electron chi connectivity index (χ1n) is 11.7. The summed E-state index contributed by atoms with van der Waals surface area (Å²) in [7, 11) is 3.15. The zero-order valence-corrected chi connectivity index (χ0v) is 20.7. The van der Waals surface area contributed by atoms with E-state index in [1.54, 1.807) is 29.9 Å². The Morgan fingerprint density at radius 1 is 1.03 bits per heavy atom. The van der Waals surface area contributed by atoms with Gasteiger partial charge in [0, 0.05) is 5.56 Å². The van der Waals surface area contributed by atoms with Crippen LogP contribution >= 0.6 is 11.3 Å². The fourth-order valence-electron chi connectivity index (χ4n) is 5.08. The van der Waals surface area contributed by atoms with E-state index >= 15 is 0 Å². The fourth-order valence-corrected chi connectivity index (χ4v) is 6.08. The number of aryl methyl sites for hydroxylation is 1. The molecule has 0 fully saturated rings. The average Bonchev–Trinajstić information content (AvgIpc) is 3.21. The van der Waals surface area contributed by atoms with Crippen LogP contribution in [-0.2, 0) is 6.42 Å². The normalized spacial score (nSPS) is 16.6. The highest BCUT2D eigenvalue weighted by Crippen LogP contribution is 2.41. The molecule has 0 saturated heterocycles. The van der Waals surface area contributed by atoms with E-state index in [4.69, 9.17) is 14.5 Å². The number of rotatable bonds is 4. The maximum absolute atomic E-state index is 13.8. The van der Waals surface area contributed by atoms with Crippen LogP contribution in [0, 0.1) is 0 Å². The third-order valence-corrected chi connectivity index (χ3v) is 7.77. The number of thiazole rings is 1. The van der Waals surface area contributed by atoms with Gasteiger partial charge in [-0.15, -0.1) is 0 Å². The Kier molecular flexibility index (Phi) is 5.49. The van der Waals surface area contributed by atoms with Crippen molar-refractivity contribution in [2.75, 3.05) is 14.2 Å². The second kappa shape index (κ2) is 8.84. The molecule has 7 heteroatoms. The maximum Gasteiger partial charge on any atom is 0.271 e. The molecule has 2 heterocycles. The molecular formula is C29H24N2O4S. The summed E-state index contributed by atoms with van der Waals surface area (Å²) in [6, 6.07) is 21.1. The van der Waals surface area contributed by atoms with Gasteiger partial charge in [0.2, 0.25) is 0 Å². The topological polar surface area (TPSA) is 73.1 Å². The minimum absolute atomic E-state index is 0.0281. The number of fused-ring (bicyclic) bond motifs is 3. The van der Waals surface area contributed by atoms with Gasteiger partial charge in [0.15, 0.2) is 16.3 Å². The van der Waals surface area contributed by atoms with Gasteiger partial charge in [-0.25, -0.2) is 4.99 Å². The molecule has 1 aliphatic carbocycles. The van der Waals surface area contributed by atoms with Crippen LogP contribution in [0.2, 0.25) is 0 Å². The van der Waals surface area contributed by atoms with Crippen LogP contribution in [0.5, 0.6) is 17.2 Å². The molecule has 0 unspecified atom stereocenters. The zero-order chi connectivity index (χ0) is 24.8. The first-order chi connectivity index (χ1) is 17.6. The Bertz CT molecular complexity index is 1710. The molecule has 0 amide bonds. The van der Waals surface area contributed by atoms with E-state index < -0.39 is 0 Å². The van der Waals surface area contributed by atoms with Crippen molar-refractivity contribution in [3.63, 3.8) is 0 Å². The predicted octanol–water partition coefficient (Wildman–Crippen LogP) is 4.04. The molecule has 0 radical (unpaired) electrons. The summed E-state index contributed by atoms with van der Waals surface area (Å²) in [4.78, 5) is 19.5. The Hall–Kier alpha value is -4.10. The molecule has 1 atom stereocenters. The van der Waals surface area contributed by atoms with Crippen molar-refractivity contribution in [3.8, 4) is 17.2 Å². The number of aromatic nitrogens is 1. The number of methoxy groups -OCH3 is 2. The molecule has 1 N–H and O–H groups in total. The van der Waals surface area contributed by atoms with Crippen LogP contribution in [-0.4, -0.2) is 23.9 Å². The van der Waals surface area contributed by atoms with E-state index in [0.717, 1.165) is 41.0 Å². The molecule has 4 aromatic rings. The number of ether oxygens (including phenoxy) is 2. The number of phenols is 1. The minimum Gasteiger partial charge on any atom is -0.504 e. The number of hydrogen-bond acceptors (Lipinski definition) is 6. The van der Waals surface area contributed by atoms with Crippen LogP contribution in [0.25, 0.3) is 11.8 Å². The van der Waals surface area contributed by atoms with E-state index in [0.29, 0.717) is 20.6 Å².